The van der Waals surface area contributed by atoms with E-state index < -0.39 is 0 Å². The summed E-state index contributed by atoms with van der Waals surface area (Å²) in [6, 6.07) is 18.1. The lowest BCUT2D eigenvalue weighted by Crippen LogP contribution is -2.45. The molecule has 0 spiro atoms. The van der Waals surface area contributed by atoms with E-state index in [-0.39, 0.29) is 16.7 Å². The van der Waals surface area contributed by atoms with Gasteiger partial charge in [0, 0.05) is 42.7 Å². The van der Waals surface area contributed by atoms with Crippen molar-refractivity contribution in [1.29, 1.82) is 0 Å². The summed E-state index contributed by atoms with van der Waals surface area (Å²) in [6.07, 6.45) is 1.64. The van der Waals surface area contributed by atoms with Crippen molar-refractivity contribution < 1.29 is 14.4 Å². The van der Waals surface area contributed by atoms with Crippen LogP contribution in [-0.4, -0.2) is 62.6 Å². The lowest BCUT2D eigenvalue weighted by atomic mass is 10.1. The maximum atomic E-state index is 11.4. The molecule has 1 atom stereocenters. The lowest BCUT2D eigenvalue weighted by molar-refractivity contribution is -0.384. The predicted molar refractivity (Wildman–Crippen MR) is 140 cm³/mol. The Hall–Kier alpha value is -3.96. The third-order valence-corrected chi connectivity index (χ3v) is 7.25. The molecule has 2 aliphatic heterocycles. The molecule has 1 saturated heterocycles. The van der Waals surface area contributed by atoms with Crippen LogP contribution in [0.3, 0.4) is 0 Å². The van der Waals surface area contributed by atoms with Crippen molar-refractivity contribution in [1.82, 2.24) is 19.5 Å². The van der Waals surface area contributed by atoms with E-state index in [2.05, 4.69) is 14.5 Å². The van der Waals surface area contributed by atoms with Crippen molar-refractivity contribution in [3.63, 3.8) is 0 Å². The normalized spacial score (nSPS) is 17.0. The van der Waals surface area contributed by atoms with Gasteiger partial charge in [0.15, 0.2) is 5.16 Å². The van der Waals surface area contributed by atoms with E-state index in [0.717, 1.165) is 34.6 Å². The van der Waals surface area contributed by atoms with Gasteiger partial charge in [0.2, 0.25) is 5.95 Å². The number of para-hydroxylation sites is 1. The van der Waals surface area contributed by atoms with Gasteiger partial charge < -0.3 is 18.9 Å². The molecule has 2 aromatic carbocycles. The molecule has 0 saturated carbocycles. The van der Waals surface area contributed by atoms with Crippen LogP contribution in [-0.2, 0) is 11.3 Å². The van der Waals surface area contributed by atoms with Crippen LogP contribution >= 0.6 is 11.8 Å². The Kier molecular flexibility index (Phi) is 6.46. The molecular formula is C26H24N6O4S. The molecule has 0 unspecified atom stereocenters. The highest BCUT2D eigenvalue weighted by Crippen LogP contribution is 2.39. The number of anilines is 1. The highest BCUT2D eigenvalue weighted by Gasteiger charge is 2.27. The minimum absolute atomic E-state index is 0.0321. The molecule has 37 heavy (non-hydrogen) atoms. The molecule has 4 aromatic rings. The smallest absolute Gasteiger partial charge is 0.270 e. The summed E-state index contributed by atoms with van der Waals surface area (Å²) < 4.78 is 14.0. The molecule has 0 radical (unpaired) electrons. The quantitative estimate of drug-likeness (QED) is 0.262. The molecule has 4 heterocycles. The van der Waals surface area contributed by atoms with E-state index in [4.69, 9.17) is 19.4 Å². The maximum Gasteiger partial charge on any atom is 0.270 e. The molecule has 10 nitrogen and oxygen atoms in total. The Labute approximate surface area is 217 Å². The SMILES string of the molecule is O=[N+]([O-])c1cccc(-c2nc3n(c2-c2ccnc(N4CCO[C@@H](COc5ccccc5)C4)n2)CCS3)c1. The van der Waals surface area contributed by atoms with Crippen molar-refractivity contribution in [3.8, 4) is 28.4 Å². The Balaban J connectivity index is 1.28. The van der Waals surface area contributed by atoms with Crippen LogP contribution < -0.4 is 9.64 Å². The summed E-state index contributed by atoms with van der Waals surface area (Å²) in [6.45, 7) is 3.06. The second-order valence-corrected chi connectivity index (χ2v) is 9.77. The van der Waals surface area contributed by atoms with Crippen molar-refractivity contribution in [2.24, 2.45) is 0 Å². The van der Waals surface area contributed by atoms with E-state index in [1.54, 1.807) is 30.1 Å². The van der Waals surface area contributed by atoms with Gasteiger partial charge in [-0.3, -0.25) is 10.1 Å². The Morgan fingerprint density at radius 1 is 1.11 bits per heavy atom. The number of imidazole rings is 1. The molecule has 0 amide bonds. The number of ether oxygens (including phenoxy) is 2. The third kappa shape index (κ3) is 4.87. The number of rotatable bonds is 7. The maximum absolute atomic E-state index is 11.4. The fraction of sp³-hybridized carbons (Fsp3) is 0.269. The van der Waals surface area contributed by atoms with Gasteiger partial charge in [0.1, 0.15) is 18.5 Å². The van der Waals surface area contributed by atoms with E-state index in [9.17, 15) is 10.1 Å². The number of nitro benzene ring substituents is 1. The van der Waals surface area contributed by atoms with Gasteiger partial charge in [-0.2, -0.15) is 0 Å². The van der Waals surface area contributed by atoms with Gasteiger partial charge in [-0.15, -0.1) is 0 Å². The third-order valence-electron chi connectivity index (χ3n) is 6.30. The molecule has 188 valence electrons. The van der Waals surface area contributed by atoms with Crippen LogP contribution in [0, 0.1) is 10.1 Å². The van der Waals surface area contributed by atoms with E-state index in [1.807, 2.05) is 42.5 Å². The minimum atomic E-state index is -0.388. The van der Waals surface area contributed by atoms with Crippen molar-refractivity contribution in [3.05, 3.63) is 77.0 Å². The summed E-state index contributed by atoms with van der Waals surface area (Å²) in [5.74, 6) is 2.34. The Morgan fingerprint density at radius 3 is 2.86 bits per heavy atom. The number of benzene rings is 2. The summed E-state index contributed by atoms with van der Waals surface area (Å²) in [5, 5.41) is 12.3. The van der Waals surface area contributed by atoms with Crippen molar-refractivity contribution in [2.45, 2.75) is 17.8 Å². The predicted octanol–water partition coefficient (Wildman–Crippen LogP) is 4.31. The van der Waals surface area contributed by atoms with Gasteiger partial charge in [0.25, 0.3) is 5.69 Å². The number of fused-ring (bicyclic) bond motifs is 1. The van der Waals surface area contributed by atoms with E-state index in [1.165, 1.54) is 6.07 Å². The van der Waals surface area contributed by atoms with Gasteiger partial charge in [-0.1, -0.05) is 42.1 Å². The number of non-ortho nitro benzene ring substituents is 1. The molecule has 1 fully saturated rings. The van der Waals surface area contributed by atoms with Gasteiger partial charge >= 0.3 is 0 Å². The first-order valence-electron chi connectivity index (χ1n) is 12.0. The summed E-state index contributed by atoms with van der Waals surface area (Å²) >= 11 is 1.67. The molecule has 11 heteroatoms. The molecule has 6 rings (SSSR count). The monoisotopic (exact) mass is 516 g/mol. The summed E-state index contributed by atoms with van der Waals surface area (Å²) in [4.78, 5) is 27.4. The van der Waals surface area contributed by atoms with Crippen molar-refractivity contribution >= 4 is 23.4 Å². The Bertz CT molecular complexity index is 1430. The second-order valence-electron chi connectivity index (χ2n) is 8.70. The minimum Gasteiger partial charge on any atom is -0.491 e. The molecular weight excluding hydrogens is 492 g/mol. The summed E-state index contributed by atoms with van der Waals surface area (Å²) in [5.41, 5.74) is 2.99. The zero-order chi connectivity index (χ0) is 25.2. The number of thioether (sulfide) groups is 1. The van der Waals surface area contributed by atoms with E-state index >= 15 is 0 Å². The first-order chi connectivity index (χ1) is 18.2. The first kappa shape index (κ1) is 23.4. The van der Waals surface area contributed by atoms with Crippen molar-refractivity contribution in [2.75, 3.05) is 37.0 Å². The first-order valence-corrected chi connectivity index (χ1v) is 13.0. The standard InChI is InChI=1S/C26H24N6O4S/c33-32(34)19-6-4-5-18(15-19)23-24(31-12-14-37-26(31)29-23)22-9-10-27-25(28-22)30-11-13-35-21(16-30)17-36-20-7-2-1-3-8-20/h1-10,15,21H,11-14,16-17H2/t21-/m1/s1. The van der Waals surface area contributed by atoms with Crippen LogP contribution in [0.15, 0.2) is 72.0 Å². The topological polar surface area (TPSA) is 108 Å². The number of aromatic nitrogens is 4. The fourth-order valence-electron chi connectivity index (χ4n) is 4.55. The average Bonchev–Trinajstić information content (AvgIpc) is 3.55. The van der Waals surface area contributed by atoms with Crippen LogP contribution in [0.5, 0.6) is 5.75 Å². The second kappa shape index (κ2) is 10.2. The molecule has 2 aromatic heterocycles. The number of nitro groups is 1. The van der Waals surface area contributed by atoms with Gasteiger partial charge in [-0.25, -0.2) is 15.0 Å². The number of nitrogens with zero attached hydrogens (tertiary/aromatic N) is 6. The zero-order valence-corrected chi connectivity index (χ0v) is 20.7. The average molecular weight is 517 g/mol. The van der Waals surface area contributed by atoms with Crippen LogP contribution in [0.1, 0.15) is 0 Å². The van der Waals surface area contributed by atoms with Crippen LogP contribution in [0.25, 0.3) is 22.6 Å². The van der Waals surface area contributed by atoms with E-state index in [0.29, 0.717) is 43.5 Å². The molecule has 2 aliphatic rings. The fourth-order valence-corrected chi connectivity index (χ4v) is 5.50. The Morgan fingerprint density at radius 2 is 2.00 bits per heavy atom. The van der Waals surface area contributed by atoms with Gasteiger partial charge in [-0.05, 0) is 18.2 Å². The number of hydrogen-bond acceptors (Lipinski definition) is 9. The number of hydrogen-bond donors (Lipinski definition) is 0. The van der Waals surface area contributed by atoms with Crippen LogP contribution in [0.2, 0.25) is 0 Å². The largest absolute Gasteiger partial charge is 0.491 e. The van der Waals surface area contributed by atoms with Crippen LogP contribution in [0.4, 0.5) is 11.6 Å². The molecule has 0 bridgehead atoms. The highest BCUT2D eigenvalue weighted by molar-refractivity contribution is 7.99. The lowest BCUT2D eigenvalue weighted by Gasteiger charge is -2.32. The summed E-state index contributed by atoms with van der Waals surface area (Å²) in [7, 11) is 0. The number of morpholine rings is 1. The molecule has 0 aliphatic carbocycles. The zero-order valence-electron chi connectivity index (χ0n) is 19.9. The molecule has 0 N–H and O–H groups in total. The highest BCUT2D eigenvalue weighted by atomic mass is 32.2. The van der Waals surface area contributed by atoms with Gasteiger partial charge in [0.05, 0.1) is 35.2 Å².